The number of hydrogen-bond donors (Lipinski definition) is 1. The van der Waals surface area contributed by atoms with E-state index in [-0.39, 0.29) is 0 Å². The lowest BCUT2D eigenvalue weighted by atomic mass is 9.59. The van der Waals surface area contributed by atoms with Crippen molar-refractivity contribution in [3.8, 4) is 0 Å². The van der Waals surface area contributed by atoms with Gasteiger partial charge in [0.15, 0.2) is 0 Å². The molecule has 1 N–H and O–H groups in total. The van der Waals surface area contributed by atoms with Crippen LogP contribution in [0.4, 0.5) is 0 Å². The number of benzene rings is 1. The molecule has 0 radical (unpaired) electrons. The van der Waals surface area contributed by atoms with Gasteiger partial charge in [-0.1, -0.05) is 36.7 Å². The van der Waals surface area contributed by atoms with Crippen molar-refractivity contribution in [2.45, 2.75) is 44.1 Å². The summed E-state index contributed by atoms with van der Waals surface area (Å²) in [6, 6.07) is 9.16. The van der Waals surface area contributed by atoms with Gasteiger partial charge in [0.2, 0.25) is 0 Å². The van der Waals surface area contributed by atoms with E-state index in [9.17, 15) is 0 Å². The van der Waals surface area contributed by atoms with E-state index in [1.54, 1.807) is 0 Å². The first-order chi connectivity index (χ1) is 8.20. The Balaban J connectivity index is 1.81. The zero-order valence-corrected chi connectivity index (χ0v) is 11.1. The summed E-state index contributed by atoms with van der Waals surface area (Å²) < 4.78 is 0. The molecule has 0 aromatic heterocycles. The fourth-order valence-corrected chi connectivity index (χ4v) is 3.59. The predicted octanol–water partition coefficient (Wildman–Crippen LogP) is 3.76. The first-order valence-electron chi connectivity index (χ1n) is 6.68. The van der Waals surface area contributed by atoms with Crippen molar-refractivity contribution in [3.63, 3.8) is 0 Å². The summed E-state index contributed by atoms with van der Waals surface area (Å²) in [7, 11) is 0. The van der Waals surface area contributed by atoms with E-state index in [0.29, 0.717) is 5.41 Å². The predicted molar refractivity (Wildman–Crippen MR) is 72.6 cm³/mol. The first kappa shape index (κ1) is 11.6. The molecule has 2 saturated carbocycles. The van der Waals surface area contributed by atoms with E-state index >= 15 is 0 Å². The van der Waals surface area contributed by atoms with Crippen LogP contribution in [-0.4, -0.2) is 12.6 Å². The molecule has 0 heterocycles. The highest BCUT2D eigenvalue weighted by Crippen LogP contribution is 2.49. The van der Waals surface area contributed by atoms with Crippen LogP contribution in [0, 0.1) is 5.92 Å². The third-order valence-electron chi connectivity index (χ3n) is 4.23. The van der Waals surface area contributed by atoms with E-state index in [0.717, 1.165) is 23.5 Å². The van der Waals surface area contributed by atoms with Crippen molar-refractivity contribution < 1.29 is 0 Å². The van der Waals surface area contributed by atoms with Crippen LogP contribution in [0.25, 0.3) is 0 Å². The molecular formula is C15H20ClN. The van der Waals surface area contributed by atoms with Crippen molar-refractivity contribution in [2.75, 3.05) is 6.54 Å². The van der Waals surface area contributed by atoms with Gasteiger partial charge in [-0.15, -0.1) is 0 Å². The molecule has 1 aromatic rings. The summed E-state index contributed by atoms with van der Waals surface area (Å²) in [5.41, 5.74) is 1.66. The van der Waals surface area contributed by atoms with Crippen molar-refractivity contribution in [1.82, 2.24) is 5.32 Å². The van der Waals surface area contributed by atoms with Gasteiger partial charge in [0.05, 0.1) is 0 Å². The van der Waals surface area contributed by atoms with Gasteiger partial charge in [0, 0.05) is 23.0 Å². The third kappa shape index (κ3) is 2.23. The zero-order chi connectivity index (χ0) is 11.9. The second-order valence-corrected chi connectivity index (χ2v) is 6.34. The normalized spacial score (nSPS) is 32.2. The smallest absolute Gasteiger partial charge is 0.0444 e. The third-order valence-corrected chi connectivity index (χ3v) is 4.56. The van der Waals surface area contributed by atoms with Gasteiger partial charge >= 0.3 is 0 Å². The molecule has 2 aliphatic rings. The van der Waals surface area contributed by atoms with Crippen LogP contribution in [0.2, 0.25) is 5.02 Å². The average molecular weight is 250 g/mol. The van der Waals surface area contributed by atoms with Crippen LogP contribution in [0.1, 0.15) is 38.2 Å². The Labute approximate surface area is 109 Å². The standard InChI is InChI=1S/C15H20ClN/c1-11-8-15(9-11,10-17-12-6-7-12)13-4-2-3-5-14(13)16/h2-5,11-12,17H,6-10H2,1H3. The molecule has 92 valence electrons. The van der Waals surface area contributed by atoms with Crippen molar-refractivity contribution >= 4 is 11.6 Å². The molecule has 0 unspecified atom stereocenters. The maximum Gasteiger partial charge on any atom is 0.0444 e. The largest absolute Gasteiger partial charge is 0.313 e. The Bertz CT molecular complexity index is 405. The molecule has 0 saturated heterocycles. The van der Waals surface area contributed by atoms with E-state index < -0.39 is 0 Å². The second-order valence-electron chi connectivity index (χ2n) is 5.93. The molecule has 1 nitrogen and oxygen atoms in total. The second kappa shape index (κ2) is 4.29. The van der Waals surface area contributed by atoms with Gasteiger partial charge in [-0.25, -0.2) is 0 Å². The number of rotatable bonds is 4. The summed E-state index contributed by atoms with van der Waals surface area (Å²) in [6.07, 6.45) is 5.26. The number of nitrogens with one attached hydrogen (secondary N) is 1. The zero-order valence-electron chi connectivity index (χ0n) is 10.4. The monoisotopic (exact) mass is 249 g/mol. The molecule has 2 aliphatic carbocycles. The minimum Gasteiger partial charge on any atom is -0.313 e. The first-order valence-corrected chi connectivity index (χ1v) is 7.06. The van der Waals surface area contributed by atoms with E-state index in [2.05, 4.69) is 24.4 Å². The van der Waals surface area contributed by atoms with Crippen LogP contribution < -0.4 is 5.32 Å². The van der Waals surface area contributed by atoms with Gasteiger partial charge in [-0.05, 0) is 43.2 Å². The van der Waals surface area contributed by atoms with Crippen LogP contribution >= 0.6 is 11.6 Å². The van der Waals surface area contributed by atoms with E-state index in [1.165, 1.54) is 31.2 Å². The highest BCUT2D eigenvalue weighted by atomic mass is 35.5. The minimum atomic E-state index is 0.306. The van der Waals surface area contributed by atoms with Crippen LogP contribution in [0.15, 0.2) is 24.3 Å². The fraction of sp³-hybridized carbons (Fsp3) is 0.600. The summed E-state index contributed by atoms with van der Waals surface area (Å²) >= 11 is 6.37. The molecule has 17 heavy (non-hydrogen) atoms. The molecule has 0 atom stereocenters. The van der Waals surface area contributed by atoms with E-state index in [4.69, 9.17) is 11.6 Å². The van der Waals surface area contributed by atoms with Gasteiger partial charge < -0.3 is 5.32 Å². The van der Waals surface area contributed by atoms with Crippen LogP contribution in [0.5, 0.6) is 0 Å². The average Bonchev–Trinajstić information content (AvgIpc) is 3.07. The molecular weight excluding hydrogens is 230 g/mol. The Morgan fingerprint density at radius 1 is 1.29 bits per heavy atom. The number of halogens is 1. The summed E-state index contributed by atoms with van der Waals surface area (Å²) in [6.45, 7) is 3.44. The SMILES string of the molecule is CC1CC(CNC2CC2)(c2ccccc2Cl)C1. The molecule has 2 fully saturated rings. The molecule has 0 amide bonds. The molecule has 3 rings (SSSR count). The lowest BCUT2D eigenvalue weighted by molar-refractivity contribution is 0.152. The Morgan fingerprint density at radius 2 is 2.00 bits per heavy atom. The van der Waals surface area contributed by atoms with Crippen LogP contribution in [0.3, 0.4) is 0 Å². The quantitative estimate of drug-likeness (QED) is 0.857. The lowest BCUT2D eigenvalue weighted by Crippen LogP contribution is -2.48. The van der Waals surface area contributed by atoms with Crippen molar-refractivity contribution in [2.24, 2.45) is 5.92 Å². The highest BCUT2D eigenvalue weighted by Gasteiger charge is 2.44. The molecule has 1 aromatic carbocycles. The Kier molecular flexibility index (Phi) is 2.92. The van der Waals surface area contributed by atoms with Gasteiger partial charge in [0.1, 0.15) is 0 Å². The van der Waals surface area contributed by atoms with Crippen molar-refractivity contribution in [3.05, 3.63) is 34.9 Å². The molecule has 0 spiro atoms. The molecule has 0 bridgehead atoms. The Morgan fingerprint density at radius 3 is 2.59 bits per heavy atom. The summed E-state index contributed by atoms with van der Waals surface area (Å²) in [4.78, 5) is 0. The van der Waals surface area contributed by atoms with Gasteiger partial charge in [-0.3, -0.25) is 0 Å². The summed E-state index contributed by atoms with van der Waals surface area (Å²) in [5, 5.41) is 4.63. The fourth-order valence-electron chi connectivity index (χ4n) is 3.25. The maximum absolute atomic E-state index is 6.37. The lowest BCUT2D eigenvalue weighted by Gasteiger charge is -2.48. The topological polar surface area (TPSA) is 12.0 Å². The van der Waals surface area contributed by atoms with E-state index in [1.807, 2.05) is 12.1 Å². The minimum absolute atomic E-state index is 0.306. The van der Waals surface area contributed by atoms with Gasteiger partial charge in [-0.2, -0.15) is 0 Å². The Hall–Kier alpha value is -0.530. The van der Waals surface area contributed by atoms with Gasteiger partial charge in [0.25, 0.3) is 0 Å². The number of hydrogen-bond acceptors (Lipinski definition) is 1. The maximum atomic E-state index is 6.37. The summed E-state index contributed by atoms with van der Waals surface area (Å²) in [5.74, 6) is 0.840. The van der Waals surface area contributed by atoms with Crippen molar-refractivity contribution in [1.29, 1.82) is 0 Å². The van der Waals surface area contributed by atoms with Crippen LogP contribution in [-0.2, 0) is 5.41 Å². The molecule has 0 aliphatic heterocycles. The highest BCUT2D eigenvalue weighted by molar-refractivity contribution is 6.31. The molecule has 2 heteroatoms.